The Balaban J connectivity index is 1.62. The molecule has 0 bridgehead atoms. The summed E-state index contributed by atoms with van der Waals surface area (Å²) in [6.07, 6.45) is 2.18. The van der Waals surface area contributed by atoms with Gasteiger partial charge < -0.3 is 10.1 Å². The fourth-order valence-electron chi connectivity index (χ4n) is 2.34. The maximum atomic E-state index is 12.1. The Bertz CT molecular complexity index is 795. The van der Waals surface area contributed by atoms with E-state index in [1.54, 1.807) is 13.2 Å². The van der Waals surface area contributed by atoms with E-state index in [1.807, 2.05) is 53.3 Å². The highest BCUT2D eigenvalue weighted by Gasteiger charge is 2.06. The molecule has 0 saturated carbocycles. The molecule has 3 aromatic rings. The number of methoxy groups -OCH3 is 1. The van der Waals surface area contributed by atoms with Gasteiger partial charge in [0.2, 0.25) is 5.91 Å². The van der Waals surface area contributed by atoms with Gasteiger partial charge in [-0.15, -0.1) is 0 Å². The second kappa shape index (κ2) is 6.30. The van der Waals surface area contributed by atoms with Crippen LogP contribution < -0.4 is 10.1 Å². The molecule has 112 valence electrons. The number of aromatic nitrogens is 2. The molecule has 1 amide bonds. The third-order valence-corrected chi connectivity index (χ3v) is 3.46. The normalized spacial score (nSPS) is 10.6. The van der Waals surface area contributed by atoms with Crippen LogP contribution in [0, 0.1) is 0 Å². The number of hydrogen-bond acceptors (Lipinski definition) is 3. The molecule has 1 N–H and O–H groups in total. The largest absolute Gasteiger partial charge is 0.497 e. The number of benzene rings is 2. The number of para-hydroxylation sites is 1. The van der Waals surface area contributed by atoms with Crippen molar-refractivity contribution in [2.75, 3.05) is 12.4 Å². The average Bonchev–Trinajstić information content (AvgIpc) is 2.96. The summed E-state index contributed by atoms with van der Waals surface area (Å²) >= 11 is 0. The van der Waals surface area contributed by atoms with E-state index in [1.165, 1.54) is 0 Å². The number of hydrogen-bond donors (Lipinski definition) is 1. The van der Waals surface area contributed by atoms with Gasteiger partial charge >= 0.3 is 0 Å². The minimum absolute atomic E-state index is 0.0483. The second-order valence-electron chi connectivity index (χ2n) is 4.96. The van der Waals surface area contributed by atoms with Crippen molar-refractivity contribution in [1.82, 2.24) is 9.78 Å². The minimum atomic E-state index is -0.0483. The molecule has 0 fully saturated rings. The standard InChI is InChI=1S/C17H17N3O2/c1-22-15-7-4-6-14(11-15)19-17(21)9-10-20-16-8-3-2-5-13(16)12-18-20/h2-8,11-12H,9-10H2,1H3,(H,19,21). The molecule has 0 saturated heterocycles. The predicted octanol–water partition coefficient (Wildman–Crippen LogP) is 3.07. The fourth-order valence-corrected chi connectivity index (χ4v) is 2.34. The van der Waals surface area contributed by atoms with Crippen LogP contribution in [0.1, 0.15) is 6.42 Å². The number of anilines is 1. The molecular formula is C17H17N3O2. The van der Waals surface area contributed by atoms with Crippen LogP contribution in [0.3, 0.4) is 0 Å². The Morgan fingerprint density at radius 1 is 1.23 bits per heavy atom. The van der Waals surface area contributed by atoms with Gasteiger partial charge in [0, 0.05) is 23.6 Å². The van der Waals surface area contributed by atoms with Crippen molar-refractivity contribution in [2.45, 2.75) is 13.0 Å². The van der Waals surface area contributed by atoms with Gasteiger partial charge in [0.1, 0.15) is 5.75 Å². The first-order chi connectivity index (χ1) is 10.8. The first kappa shape index (κ1) is 14.1. The highest BCUT2D eigenvalue weighted by Crippen LogP contribution is 2.17. The van der Waals surface area contributed by atoms with Gasteiger partial charge in [-0.05, 0) is 18.2 Å². The number of fused-ring (bicyclic) bond motifs is 1. The Kier molecular flexibility index (Phi) is 4.05. The van der Waals surface area contributed by atoms with E-state index in [4.69, 9.17) is 4.74 Å². The van der Waals surface area contributed by atoms with Crippen LogP contribution in [0.4, 0.5) is 5.69 Å². The zero-order chi connectivity index (χ0) is 15.4. The molecule has 22 heavy (non-hydrogen) atoms. The van der Waals surface area contributed by atoms with Crippen molar-refractivity contribution < 1.29 is 9.53 Å². The van der Waals surface area contributed by atoms with Crippen molar-refractivity contribution in [2.24, 2.45) is 0 Å². The summed E-state index contributed by atoms with van der Waals surface area (Å²) in [5, 5.41) is 8.26. The smallest absolute Gasteiger partial charge is 0.226 e. The van der Waals surface area contributed by atoms with Gasteiger partial charge in [0.05, 0.1) is 25.4 Å². The Morgan fingerprint density at radius 2 is 2.09 bits per heavy atom. The molecule has 0 aliphatic carbocycles. The lowest BCUT2D eigenvalue weighted by atomic mass is 10.2. The van der Waals surface area contributed by atoms with Gasteiger partial charge in [0.25, 0.3) is 0 Å². The number of nitrogens with one attached hydrogen (secondary N) is 1. The van der Waals surface area contributed by atoms with E-state index in [-0.39, 0.29) is 5.91 Å². The molecule has 5 nitrogen and oxygen atoms in total. The van der Waals surface area contributed by atoms with E-state index < -0.39 is 0 Å². The van der Waals surface area contributed by atoms with Gasteiger partial charge in [0.15, 0.2) is 0 Å². The van der Waals surface area contributed by atoms with Crippen LogP contribution in [-0.2, 0) is 11.3 Å². The topological polar surface area (TPSA) is 56.1 Å². The highest BCUT2D eigenvalue weighted by atomic mass is 16.5. The molecule has 0 aliphatic rings. The van der Waals surface area contributed by atoms with Gasteiger partial charge in [-0.3, -0.25) is 9.48 Å². The number of amides is 1. The van der Waals surface area contributed by atoms with Crippen LogP contribution in [0.25, 0.3) is 10.9 Å². The molecule has 0 unspecified atom stereocenters. The van der Waals surface area contributed by atoms with E-state index in [0.717, 1.165) is 22.3 Å². The number of carbonyl (C=O) groups excluding carboxylic acids is 1. The zero-order valence-corrected chi connectivity index (χ0v) is 12.3. The van der Waals surface area contributed by atoms with E-state index >= 15 is 0 Å². The van der Waals surface area contributed by atoms with Crippen LogP contribution in [0.15, 0.2) is 54.7 Å². The quantitative estimate of drug-likeness (QED) is 0.787. The van der Waals surface area contributed by atoms with Gasteiger partial charge in [-0.2, -0.15) is 5.10 Å². The van der Waals surface area contributed by atoms with Crippen molar-refractivity contribution in [1.29, 1.82) is 0 Å². The van der Waals surface area contributed by atoms with E-state index in [9.17, 15) is 4.79 Å². The molecule has 0 spiro atoms. The van der Waals surface area contributed by atoms with Crippen molar-refractivity contribution in [3.8, 4) is 5.75 Å². The number of carbonyl (C=O) groups is 1. The number of nitrogens with zero attached hydrogens (tertiary/aromatic N) is 2. The first-order valence-electron chi connectivity index (χ1n) is 7.11. The zero-order valence-electron chi connectivity index (χ0n) is 12.3. The summed E-state index contributed by atoms with van der Waals surface area (Å²) in [6.45, 7) is 0.545. The first-order valence-corrected chi connectivity index (χ1v) is 7.11. The molecule has 0 radical (unpaired) electrons. The number of aryl methyl sites for hydroxylation is 1. The molecule has 3 rings (SSSR count). The van der Waals surface area contributed by atoms with Crippen LogP contribution in [0.2, 0.25) is 0 Å². The van der Waals surface area contributed by atoms with Crippen LogP contribution >= 0.6 is 0 Å². The summed E-state index contributed by atoms with van der Waals surface area (Å²) in [7, 11) is 1.60. The Labute approximate surface area is 128 Å². The number of ether oxygens (including phenoxy) is 1. The predicted molar refractivity (Wildman–Crippen MR) is 86.0 cm³/mol. The summed E-state index contributed by atoms with van der Waals surface area (Å²) in [5.74, 6) is 0.670. The molecule has 0 aliphatic heterocycles. The van der Waals surface area contributed by atoms with Gasteiger partial charge in [-0.25, -0.2) is 0 Å². The molecular weight excluding hydrogens is 278 g/mol. The second-order valence-corrected chi connectivity index (χ2v) is 4.96. The molecule has 1 heterocycles. The molecule has 0 atom stereocenters. The van der Waals surface area contributed by atoms with Gasteiger partial charge in [-0.1, -0.05) is 24.3 Å². The maximum absolute atomic E-state index is 12.1. The summed E-state index contributed by atoms with van der Waals surface area (Å²) in [5.41, 5.74) is 1.77. The summed E-state index contributed by atoms with van der Waals surface area (Å²) in [6, 6.07) is 15.3. The fraction of sp³-hybridized carbons (Fsp3) is 0.176. The maximum Gasteiger partial charge on any atom is 0.226 e. The summed E-state index contributed by atoms with van der Waals surface area (Å²) in [4.78, 5) is 12.1. The van der Waals surface area contributed by atoms with Crippen molar-refractivity contribution in [3.63, 3.8) is 0 Å². The Morgan fingerprint density at radius 3 is 2.95 bits per heavy atom. The third kappa shape index (κ3) is 3.09. The lowest BCUT2D eigenvalue weighted by molar-refractivity contribution is -0.116. The minimum Gasteiger partial charge on any atom is -0.497 e. The van der Waals surface area contributed by atoms with Crippen molar-refractivity contribution in [3.05, 3.63) is 54.7 Å². The molecule has 2 aromatic carbocycles. The summed E-state index contributed by atoms with van der Waals surface area (Å²) < 4.78 is 6.99. The number of rotatable bonds is 5. The Hall–Kier alpha value is -2.82. The van der Waals surface area contributed by atoms with E-state index in [2.05, 4.69) is 10.4 Å². The third-order valence-electron chi connectivity index (χ3n) is 3.46. The van der Waals surface area contributed by atoms with Crippen LogP contribution in [0.5, 0.6) is 5.75 Å². The molecule has 1 aromatic heterocycles. The highest BCUT2D eigenvalue weighted by molar-refractivity contribution is 5.91. The lowest BCUT2D eigenvalue weighted by Crippen LogP contribution is -2.15. The van der Waals surface area contributed by atoms with E-state index in [0.29, 0.717) is 13.0 Å². The molecule has 5 heteroatoms. The lowest BCUT2D eigenvalue weighted by Gasteiger charge is -2.07. The van der Waals surface area contributed by atoms with Crippen molar-refractivity contribution >= 4 is 22.5 Å². The average molecular weight is 295 g/mol. The SMILES string of the molecule is COc1cccc(NC(=O)CCn2ncc3ccccc32)c1. The monoisotopic (exact) mass is 295 g/mol. The van der Waals surface area contributed by atoms with Crippen LogP contribution in [-0.4, -0.2) is 22.8 Å².